The number of nitrogens with one attached hydrogen (secondary N) is 1. The zero-order valence-corrected chi connectivity index (χ0v) is 5.89. The SMILES string of the molecule is CC=N/C(=C\C=N)CC. The van der Waals surface area contributed by atoms with E-state index >= 15 is 0 Å². The van der Waals surface area contributed by atoms with Crippen LogP contribution in [0.5, 0.6) is 0 Å². The summed E-state index contributed by atoms with van der Waals surface area (Å²) < 4.78 is 0. The van der Waals surface area contributed by atoms with Crippen molar-refractivity contribution in [2.24, 2.45) is 4.99 Å². The van der Waals surface area contributed by atoms with Gasteiger partial charge in [0.15, 0.2) is 0 Å². The minimum atomic E-state index is 0.889. The predicted octanol–water partition coefficient (Wildman–Crippen LogP) is 2.02. The Bertz CT molecular complexity index is 134. The largest absolute Gasteiger partial charge is 0.309 e. The van der Waals surface area contributed by atoms with Crippen molar-refractivity contribution in [2.45, 2.75) is 20.3 Å². The zero-order valence-electron chi connectivity index (χ0n) is 5.89. The van der Waals surface area contributed by atoms with Crippen LogP contribution in [-0.2, 0) is 0 Å². The average Bonchev–Trinajstić information content (AvgIpc) is 1.88. The van der Waals surface area contributed by atoms with Crippen LogP contribution in [0.1, 0.15) is 20.3 Å². The molecule has 0 rings (SSSR count). The smallest absolute Gasteiger partial charge is 0.0411 e. The molecule has 1 N–H and O–H groups in total. The van der Waals surface area contributed by atoms with Gasteiger partial charge in [-0.1, -0.05) is 6.92 Å². The van der Waals surface area contributed by atoms with E-state index in [-0.39, 0.29) is 0 Å². The van der Waals surface area contributed by atoms with E-state index in [1.807, 2.05) is 13.8 Å². The van der Waals surface area contributed by atoms with Gasteiger partial charge in [-0.05, 0) is 19.4 Å². The van der Waals surface area contributed by atoms with Gasteiger partial charge in [0.25, 0.3) is 0 Å². The van der Waals surface area contributed by atoms with E-state index in [1.54, 1.807) is 12.3 Å². The molecule has 9 heavy (non-hydrogen) atoms. The fourth-order valence-electron chi connectivity index (χ4n) is 0.514. The molecule has 0 aliphatic rings. The summed E-state index contributed by atoms with van der Waals surface area (Å²) >= 11 is 0. The first-order valence-corrected chi connectivity index (χ1v) is 3.03. The summed E-state index contributed by atoms with van der Waals surface area (Å²) in [6, 6.07) is 0. The molecule has 0 bridgehead atoms. The molecule has 0 aliphatic carbocycles. The fraction of sp³-hybridized carbons (Fsp3) is 0.429. The maximum atomic E-state index is 6.74. The van der Waals surface area contributed by atoms with Crippen molar-refractivity contribution in [3.8, 4) is 0 Å². The summed E-state index contributed by atoms with van der Waals surface area (Å²) in [6.45, 7) is 3.88. The molecule has 0 fully saturated rings. The number of rotatable bonds is 3. The second kappa shape index (κ2) is 5.22. The van der Waals surface area contributed by atoms with E-state index < -0.39 is 0 Å². The molecule has 0 aromatic carbocycles. The molecule has 0 heterocycles. The highest BCUT2D eigenvalue weighted by Gasteiger charge is 1.82. The number of hydrogen-bond donors (Lipinski definition) is 1. The maximum absolute atomic E-state index is 6.74. The lowest BCUT2D eigenvalue weighted by Gasteiger charge is -1.90. The van der Waals surface area contributed by atoms with E-state index in [4.69, 9.17) is 5.41 Å². The Balaban J connectivity index is 3.96. The molecule has 0 saturated heterocycles. The Labute approximate surface area is 55.8 Å². The minimum absolute atomic E-state index is 0.889. The predicted molar refractivity (Wildman–Crippen MR) is 41.3 cm³/mol. The summed E-state index contributed by atoms with van der Waals surface area (Å²) in [6.07, 6.45) is 5.57. The van der Waals surface area contributed by atoms with Gasteiger partial charge >= 0.3 is 0 Å². The Morgan fingerprint density at radius 2 is 2.33 bits per heavy atom. The molecule has 2 heteroatoms. The fourth-order valence-corrected chi connectivity index (χ4v) is 0.514. The van der Waals surface area contributed by atoms with Gasteiger partial charge in [0.2, 0.25) is 0 Å². The number of hydrogen-bond acceptors (Lipinski definition) is 2. The molecule has 2 nitrogen and oxygen atoms in total. The summed E-state index contributed by atoms with van der Waals surface area (Å²) in [5.41, 5.74) is 0.951. The highest BCUT2D eigenvalue weighted by atomic mass is 14.7. The van der Waals surface area contributed by atoms with Crippen molar-refractivity contribution in [2.75, 3.05) is 0 Å². The third kappa shape index (κ3) is 3.64. The van der Waals surface area contributed by atoms with Gasteiger partial charge in [-0.3, -0.25) is 4.99 Å². The molecular weight excluding hydrogens is 112 g/mol. The third-order valence-electron chi connectivity index (χ3n) is 0.933. The van der Waals surface area contributed by atoms with Crippen molar-refractivity contribution in [3.05, 3.63) is 11.8 Å². The Morgan fingerprint density at radius 3 is 2.67 bits per heavy atom. The van der Waals surface area contributed by atoms with Crippen LogP contribution in [0.3, 0.4) is 0 Å². The highest BCUT2D eigenvalue weighted by molar-refractivity contribution is 5.69. The Hall–Kier alpha value is -0.920. The minimum Gasteiger partial charge on any atom is -0.309 e. The Morgan fingerprint density at radius 1 is 1.67 bits per heavy atom. The van der Waals surface area contributed by atoms with Crippen LogP contribution in [0.2, 0.25) is 0 Å². The Kier molecular flexibility index (Phi) is 4.69. The van der Waals surface area contributed by atoms with Gasteiger partial charge in [0.1, 0.15) is 0 Å². The van der Waals surface area contributed by atoms with Crippen LogP contribution < -0.4 is 0 Å². The lowest BCUT2D eigenvalue weighted by Crippen LogP contribution is -1.75. The molecule has 50 valence electrons. The van der Waals surface area contributed by atoms with Gasteiger partial charge < -0.3 is 5.41 Å². The standard InChI is InChI=1S/C7H12N2/c1-3-7(5-6-8)9-4-2/h4-6,8H,3H2,1-2H3/b7-5-,8-6?,9-4?. The molecule has 0 aromatic heterocycles. The van der Waals surface area contributed by atoms with Crippen LogP contribution in [0.4, 0.5) is 0 Å². The van der Waals surface area contributed by atoms with Gasteiger partial charge in [-0.15, -0.1) is 0 Å². The summed E-state index contributed by atoms with van der Waals surface area (Å²) in [4.78, 5) is 4.02. The van der Waals surface area contributed by atoms with Crippen LogP contribution in [0.25, 0.3) is 0 Å². The first-order chi connectivity index (χ1) is 4.35. The molecule has 0 aromatic rings. The molecule has 0 unspecified atom stereocenters. The van der Waals surface area contributed by atoms with Crippen LogP contribution in [0, 0.1) is 5.41 Å². The van der Waals surface area contributed by atoms with E-state index in [1.165, 1.54) is 6.21 Å². The third-order valence-corrected chi connectivity index (χ3v) is 0.933. The van der Waals surface area contributed by atoms with Gasteiger partial charge in [0.05, 0.1) is 0 Å². The van der Waals surface area contributed by atoms with Crippen molar-refractivity contribution in [1.82, 2.24) is 0 Å². The molecular formula is C7H12N2. The molecule has 0 spiro atoms. The number of aliphatic imine (C=N–C) groups is 1. The highest BCUT2D eigenvalue weighted by Crippen LogP contribution is 1.98. The van der Waals surface area contributed by atoms with Crippen molar-refractivity contribution in [1.29, 1.82) is 5.41 Å². The summed E-state index contributed by atoms with van der Waals surface area (Å²) in [7, 11) is 0. The number of allylic oxidation sites excluding steroid dienone is 2. The van der Waals surface area contributed by atoms with Crippen LogP contribution in [0.15, 0.2) is 16.8 Å². The van der Waals surface area contributed by atoms with Gasteiger partial charge in [0, 0.05) is 18.1 Å². The van der Waals surface area contributed by atoms with E-state index in [0.29, 0.717) is 0 Å². The van der Waals surface area contributed by atoms with Crippen LogP contribution >= 0.6 is 0 Å². The second-order valence-corrected chi connectivity index (χ2v) is 1.57. The van der Waals surface area contributed by atoms with Crippen molar-refractivity contribution < 1.29 is 0 Å². The zero-order chi connectivity index (χ0) is 7.11. The molecule has 0 amide bonds. The van der Waals surface area contributed by atoms with Crippen molar-refractivity contribution >= 4 is 12.4 Å². The lowest BCUT2D eigenvalue weighted by molar-refractivity contribution is 1.07. The van der Waals surface area contributed by atoms with E-state index in [0.717, 1.165) is 12.1 Å². The molecule has 0 radical (unpaired) electrons. The molecule has 0 saturated carbocycles. The van der Waals surface area contributed by atoms with Gasteiger partial charge in [-0.25, -0.2) is 0 Å². The summed E-state index contributed by atoms with van der Waals surface area (Å²) in [5, 5.41) is 6.74. The van der Waals surface area contributed by atoms with E-state index in [9.17, 15) is 0 Å². The monoisotopic (exact) mass is 124 g/mol. The van der Waals surface area contributed by atoms with Gasteiger partial charge in [-0.2, -0.15) is 0 Å². The average molecular weight is 124 g/mol. The molecule has 0 atom stereocenters. The maximum Gasteiger partial charge on any atom is 0.0411 e. The van der Waals surface area contributed by atoms with E-state index in [2.05, 4.69) is 4.99 Å². The molecule has 0 aliphatic heterocycles. The lowest BCUT2D eigenvalue weighted by atomic mass is 10.3. The topological polar surface area (TPSA) is 36.2 Å². The van der Waals surface area contributed by atoms with Crippen LogP contribution in [-0.4, -0.2) is 12.4 Å². The first kappa shape index (κ1) is 8.08. The first-order valence-electron chi connectivity index (χ1n) is 3.03. The van der Waals surface area contributed by atoms with Crippen molar-refractivity contribution in [3.63, 3.8) is 0 Å². The normalized spacial score (nSPS) is 12.4. The summed E-state index contributed by atoms with van der Waals surface area (Å²) in [5.74, 6) is 0. The number of nitrogens with zero attached hydrogens (tertiary/aromatic N) is 1. The quantitative estimate of drug-likeness (QED) is 0.559. The second-order valence-electron chi connectivity index (χ2n) is 1.57.